The van der Waals surface area contributed by atoms with Crippen molar-refractivity contribution in [3.8, 4) is 0 Å². The molecule has 1 aliphatic rings. The van der Waals surface area contributed by atoms with Crippen molar-refractivity contribution in [1.82, 2.24) is 0 Å². The predicted molar refractivity (Wildman–Crippen MR) is 111 cm³/mol. The first kappa shape index (κ1) is 24.7. The number of esters is 2. The zero-order valence-electron chi connectivity index (χ0n) is 18.8. The van der Waals surface area contributed by atoms with Crippen molar-refractivity contribution in [2.75, 3.05) is 13.2 Å². The van der Waals surface area contributed by atoms with E-state index in [1.165, 1.54) is 0 Å². The molecule has 0 aromatic rings. The van der Waals surface area contributed by atoms with Gasteiger partial charge in [-0.2, -0.15) is 0 Å². The molecule has 0 aliphatic carbocycles. The molecule has 1 heterocycles. The molecule has 1 N–H and O–H groups in total. The third-order valence-electron chi connectivity index (χ3n) is 5.10. The molecule has 1 aliphatic heterocycles. The van der Waals surface area contributed by atoms with Crippen molar-refractivity contribution in [1.29, 1.82) is 0 Å². The van der Waals surface area contributed by atoms with Crippen LogP contribution in [0.25, 0.3) is 0 Å². The summed E-state index contributed by atoms with van der Waals surface area (Å²) >= 11 is 0. The molecule has 0 aromatic carbocycles. The third-order valence-corrected chi connectivity index (χ3v) is 5.10. The quantitative estimate of drug-likeness (QED) is 0.453. The molecule has 28 heavy (non-hydrogen) atoms. The van der Waals surface area contributed by atoms with Crippen LogP contribution in [0.2, 0.25) is 0 Å². The van der Waals surface area contributed by atoms with Crippen LogP contribution in [0.3, 0.4) is 0 Å². The van der Waals surface area contributed by atoms with Gasteiger partial charge in [0.25, 0.3) is 0 Å². The standard InChI is InChI=1S/C23H40O5/c1-16(2)12-18(13-17(3)4)8-9-19-10-11-23(14-24,28-20(19)25)15-27-21(26)22(5,6)7/h9,16-18,24H,8,10-15H2,1-7H3/b19-9-. The number of carbonyl (C=O) groups is 2. The second-order valence-corrected chi connectivity index (χ2v) is 10.1. The first-order chi connectivity index (χ1) is 12.9. The second kappa shape index (κ2) is 10.4. The Hall–Kier alpha value is -1.36. The zero-order chi connectivity index (χ0) is 21.5. The fraction of sp³-hybridized carbons (Fsp3) is 0.826. The Balaban J connectivity index is 2.72. The van der Waals surface area contributed by atoms with E-state index in [0.717, 1.165) is 19.3 Å². The van der Waals surface area contributed by atoms with E-state index in [4.69, 9.17) is 9.47 Å². The summed E-state index contributed by atoms with van der Waals surface area (Å²) in [5.41, 5.74) is -1.10. The fourth-order valence-electron chi connectivity index (χ4n) is 3.57. The number of ether oxygens (including phenoxy) is 2. The molecule has 0 amide bonds. The Kier molecular flexibility index (Phi) is 9.19. The molecular weight excluding hydrogens is 356 g/mol. The maximum atomic E-state index is 12.5. The van der Waals surface area contributed by atoms with Gasteiger partial charge in [-0.1, -0.05) is 33.8 Å². The second-order valence-electron chi connectivity index (χ2n) is 10.1. The predicted octanol–water partition coefficient (Wildman–Crippen LogP) is 4.67. The van der Waals surface area contributed by atoms with Crippen molar-refractivity contribution in [3.05, 3.63) is 11.6 Å². The number of hydrogen-bond acceptors (Lipinski definition) is 5. The molecule has 1 unspecified atom stereocenters. The minimum Gasteiger partial charge on any atom is -0.461 e. The summed E-state index contributed by atoms with van der Waals surface area (Å²) in [6.45, 7) is 13.7. The smallest absolute Gasteiger partial charge is 0.334 e. The van der Waals surface area contributed by atoms with Crippen molar-refractivity contribution in [3.63, 3.8) is 0 Å². The molecule has 0 saturated carbocycles. The Bertz CT molecular complexity index is 546. The van der Waals surface area contributed by atoms with Gasteiger partial charge in [-0.3, -0.25) is 4.79 Å². The SMILES string of the molecule is CC(C)CC(C/C=C1/CCC(CO)(COC(=O)C(C)(C)C)OC1=O)CC(C)C. The van der Waals surface area contributed by atoms with Crippen molar-refractivity contribution in [2.24, 2.45) is 23.2 Å². The van der Waals surface area contributed by atoms with Gasteiger partial charge in [0.1, 0.15) is 6.61 Å². The molecule has 162 valence electrons. The summed E-state index contributed by atoms with van der Waals surface area (Å²) in [5, 5.41) is 9.79. The van der Waals surface area contributed by atoms with Crippen LogP contribution in [0.15, 0.2) is 11.6 Å². The number of rotatable bonds is 9. The highest BCUT2D eigenvalue weighted by atomic mass is 16.6. The van der Waals surface area contributed by atoms with E-state index >= 15 is 0 Å². The first-order valence-electron chi connectivity index (χ1n) is 10.6. The number of aliphatic hydroxyl groups excluding tert-OH is 1. The zero-order valence-corrected chi connectivity index (χ0v) is 18.8. The van der Waals surface area contributed by atoms with Crippen LogP contribution in [0.4, 0.5) is 0 Å². The van der Waals surface area contributed by atoms with Crippen molar-refractivity contribution in [2.45, 2.75) is 86.2 Å². The number of allylic oxidation sites excluding steroid dienone is 1. The summed E-state index contributed by atoms with van der Waals surface area (Å²) in [7, 11) is 0. The lowest BCUT2D eigenvalue weighted by atomic mass is 9.85. The van der Waals surface area contributed by atoms with Gasteiger partial charge in [0.15, 0.2) is 5.60 Å². The summed E-state index contributed by atoms with van der Waals surface area (Å²) in [6.07, 6.45) is 6.15. The van der Waals surface area contributed by atoms with Gasteiger partial charge in [-0.15, -0.1) is 0 Å². The molecule has 1 rings (SSSR count). The Labute approximate surface area is 170 Å². The molecule has 0 aromatic heterocycles. The highest BCUT2D eigenvalue weighted by Gasteiger charge is 2.41. The van der Waals surface area contributed by atoms with E-state index < -0.39 is 17.0 Å². The van der Waals surface area contributed by atoms with Gasteiger partial charge in [0, 0.05) is 5.57 Å². The number of hydrogen-bond donors (Lipinski definition) is 1. The fourth-order valence-corrected chi connectivity index (χ4v) is 3.57. The molecule has 0 bridgehead atoms. The summed E-state index contributed by atoms with van der Waals surface area (Å²) < 4.78 is 10.9. The van der Waals surface area contributed by atoms with Crippen LogP contribution in [0.1, 0.15) is 80.6 Å². The van der Waals surface area contributed by atoms with Crippen molar-refractivity contribution >= 4 is 11.9 Å². The van der Waals surface area contributed by atoms with Gasteiger partial charge in [0.2, 0.25) is 0 Å². The average molecular weight is 397 g/mol. The van der Waals surface area contributed by atoms with Crippen LogP contribution < -0.4 is 0 Å². The van der Waals surface area contributed by atoms with Crippen LogP contribution in [-0.2, 0) is 19.1 Å². The lowest BCUT2D eigenvalue weighted by Crippen LogP contribution is -2.48. The van der Waals surface area contributed by atoms with Gasteiger partial charge < -0.3 is 14.6 Å². The van der Waals surface area contributed by atoms with Crippen LogP contribution >= 0.6 is 0 Å². The number of cyclic esters (lactones) is 1. The van der Waals surface area contributed by atoms with E-state index in [0.29, 0.717) is 36.2 Å². The van der Waals surface area contributed by atoms with Gasteiger partial charge in [0.05, 0.1) is 12.0 Å². The molecule has 1 atom stereocenters. The molecule has 1 saturated heterocycles. The topological polar surface area (TPSA) is 72.8 Å². The molecule has 0 spiro atoms. The summed E-state index contributed by atoms with van der Waals surface area (Å²) in [4.78, 5) is 24.5. The van der Waals surface area contributed by atoms with Gasteiger partial charge in [-0.05, 0) is 70.6 Å². The van der Waals surface area contributed by atoms with E-state index in [-0.39, 0.29) is 19.2 Å². The minimum atomic E-state index is -1.13. The van der Waals surface area contributed by atoms with Gasteiger partial charge in [-0.25, -0.2) is 4.79 Å². The van der Waals surface area contributed by atoms with Crippen LogP contribution in [0.5, 0.6) is 0 Å². The van der Waals surface area contributed by atoms with Crippen LogP contribution in [0, 0.1) is 23.2 Å². The number of carbonyl (C=O) groups excluding carboxylic acids is 2. The molecule has 0 radical (unpaired) electrons. The summed E-state index contributed by atoms with van der Waals surface area (Å²) in [6, 6.07) is 0. The molecule has 5 heteroatoms. The number of aliphatic hydroxyl groups is 1. The molecule has 1 fully saturated rings. The van der Waals surface area contributed by atoms with E-state index in [1.54, 1.807) is 20.8 Å². The maximum absolute atomic E-state index is 12.5. The van der Waals surface area contributed by atoms with E-state index in [9.17, 15) is 14.7 Å². The summed E-state index contributed by atoms with van der Waals surface area (Å²) in [5.74, 6) is 1.03. The van der Waals surface area contributed by atoms with E-state index in [2.05, 4.69) is 27.7 Å². The van der Waals surface area contributed by atoms with Crippen LogP contribution in [-0.4, -0.2) is 35.9 Å². The first-order valence-corrected chi connectivity index (χ1v) is 10.6. The molecular formula is C23H40O5. The minimum absolute atomic E-state index is 0.109. The maximum Gasteiger partial charge on any atom is 0.334 e. The highest BCUT2D eigenvalue weighted by molar-refractivity contribution is 5.89. The normalized spacial score (nSPS) is 22.2. The highest BCUT2D eigenvalue weighted by Crippen LogP contribution is 2.32. The lowest BCUT2D eigenvalue weighted by molar-refractivity contribution is -0.183. The largest absolute Gasteiger partial charge is 0.461 e. The lowest BCUT2D eigenvalue weighted by Gasteiger charge is -2.36. The Morgan fingerprint density at radius 3 is 2.21 bits per heavy atom. The Morgan fingerprint density at radius 2 is 1.79 bits per heavy atom. The van der Waals surface area contributed by atoms with Gasteiger partial charge >= 0.3 is 11.9 Å². The molecule has 5 nitrogen and oxygen atoms in total. The average Bonchev–Trinajstić information content (AvgIpc) is 2.56. The van der Waals surface area contributed by atoms with Crippen molar-refractivity contribution < 1.29 is 24.2 Å². The third kappa shape index (κ3) is 7.94. The van der Waals surface area contributed by atoms with E-state index in [1.807, 2.05) is 6.08 Å². The Morgan fingerprint density at radius 1 is 1.21 bits per heavy atom. The monoisotopic (exact) mass is 396 g/mol.